The van der Waals surface area contributed by atoms with Crippen molar-refractivity contribution in [3.63, 3.8) is 0 Å². The maximum Gasteiger partial charge on any atom is 0.254 e. The summed E-state index contributed by atoms with van der Waals surface area (Å²) in [6.07, 6.45) is 1.69. The van der Waals surface area contributed by atoms with Crippen molar-refractivity contribution in [2.75, 3.05) is 51.7 Å². The van der Waals surface area contributed by atoms with E-state index in [1.807, 2.05) is 4.90 Å². The molecular weight excluding hydrogens is 376 g/mol. The van der Waals surface area contributed by atoms with Crippen LogP contribution in [-0.2, 0) is 4.74 Å². The molecule has 0 unspecified atom stereocenters. The van der Waals surface area contributed by atoms with Crippen LogP contribution >= 0.6 is 0 Å². The molecule has 29 heavy (non-hydrogen) atoms. The Morgan fingerprint density at radius 3 is 2.93 bits per heavy atom. The summed E-state index contributed by atoms with van der Waals surface area (Å²) >= 11 is 0. The fourth-order valence-electron chi connectivity index (χ4n) is 4.05. The van der Waals surface area contributed by atoms with Gasteiger partial charge in [0.1, 0.15) is 0 Å². The number of hydrogen-bond acceptors (Lipinski definition) is 8. The molecule has 1 aromatic carbocycles. The highest BCUT2D eigenvalue weighted by molar-refractivity contribution is 5.95. The largest absolute Gasteiger partial charge is 0.481 e. The number of carbonyl (C=O) groups is 1. The molecule has 0 spiro atoms. The average Bonchev–Trinajstić information content (AvgIpc) is 3.02. The lowest BCUT2D eigenvalue weighted by atomic mass is 10.1. The molecule has 9 nitrogen and oxygen atoms in total. The zero-order valence-corrected chi connectivity index (χ0v) is 16.1. The van der Waals surface area contributed by atoms with Gasteiger partial charge >= 0.3 is 0 Å². The normalized spacial score (nSPS) is 22.9. The van der Waals surface area contributed by atoms with Gasteiger partial charge in [0.15, 0.2) is 11.5 Å². The minimum Gasteiger partial charge on any atom is -0.481 e. The van der Waals surface area contributed by atoms with E-state index in [4.69, 9.17) is 18.9 Å². The van der Waals surface area contributed by atoms with Gasteiger partial charge in [-0.1, -0.05) is 0 Å². The van der Waals surface area contributed by atoms with Crippen LogP contribution in [0.1, 0.15) is 10.4 Å². The first-order chi connectivity index (χ1) is 14.2. The Bertz CT molecular complexity index is 923. The second-order valence-electron chi connectivity index (χ2n) is 7.39. The molecule has 3 aliphatic rings. The molecule has 1 aromatic heterocycles. The van der Waals surface area contributed by atoms with E-state index < -0.39 is 0 Å². The molecule has 5 rings (SSSR count). The molecular formula is C20H22N4O5. The summed E-state index contributed by atoms with van der Waals surface area (Å²) in [5.41, 5.74) is 0.597. The highest BCUT2D eigenvalue weighted by Gasteiger charge is 2.37. The van der Waals surface area contributed by atoms with Gasteiger partial charge in [-0.25, -0.2) is 4.98 Å². The molecule has 0 aliphatic carbocycles. The first-order valence-corrected chi connectivity index (χ1v) is 9.61. The second-order valence-corrected chi connectivity index (χ2v) is 7.39. The van der Waals surface area contributed by atoms with Crippen LogP contribution in [0.15, 0.2) is 30.5 Å². The molecule has 3 aliphatic heterocycles. The topological polar surface area (TPSA) is 86.3 Å². The first-order valence-electron chi connectivity index (χ1n) is 9.61. The molecule has 0 N–H and O–H groups in total. The van der Waals surface area contributed by atoms with E-state index in [0.717, 1.165) is 6.54 Å². The van der Waals surface area contributed by atoms with Crippen LogP contribution in [0.5, 0.6) is 17.4 Å². The summed E-state index contributed by atoms with van der Waals surface area (Å²) in [5.74, 6) is 2.54. The highest BCUT2D eigenvalue weighted by atomic mass is 16.7. The first kappa shape index (κ1) is 18.0. The van der Waals surface area contributed by atoms with Crippen molar-refractivity contribution in [1.82, 2.24) is 14.9 Å². The number of rotatable bonds is 3. The van der Waals surface area contributed by atoms with Gasteiger partial charge in [-0.3, -0.25) is 4.79 Å². The molecule has 2 aromatic rings. The Balaban J connectivity index is 1.40. The van der Waals surface area contributed by atoms with Gasteiger partial charge < -0.3 is 28.7 Å². The predicted octanol–water partition coefficient (Wildman–Crippen LogP) is 1.19. The van der Waals surface area contributed by atoms with E-state index in [-0.39, 0.29) is 24.7 Å². The zero-order valence-electron chi connectivity index (χ0n) is 16.1. The SMILES string of the molecule is COc1ccnc(N2C[C@H]3COC[C@@H]2CN(C(=O)c2ccc4c(c2)OCO4)C3)n1. The van der Waals surface area contributed by atoms with Gasteiger partial charge in [0.05, 0.1) is 26.4 Å². The van der Waals surface area contributed by atoms with Gasteiger partial charge in [0, 0.05) is 43.4 Å². The molecule has 1 amide bonds. The lowest BCUT2D eigenvalue weighted by Gasteiger charge is -2.31. The quantitative estimate of drug-likeness (QED) is 0.762. The van der Waals surface area contributed by atoms with Crippen molar-refractivity contribution >= 4 is 11.9 Å². The summed E-state index contributed by atoms with van der Waals surface area (Å²) < 4.78 is 21.9. The van der Waals surface area contributed by atoms with Crippen LogP contribution in [0, 0.1) is 5.92 Å². The highest BCUT2D eigenvalue weighted by Crippen LogP contribution is 2.33. The van der Waals surface area contributed by atoms with E-state index in [0.29, 0.717) is 55.2 Å². The van der Waals surface area contributed by atoms with Crippen molar-refractivity contribution in [2.24, 2.45) is 5.92 Å². The molecule has 2 atom stereocenters. The molecule has 2 bridgehead atoms. The monoisotopic (exact) mass is 398 g/mol. The Labute approximate surface area is 168 Å². The number of benzene rings is 1. The maximum absolute atomic E-state index is 13.2. The fraction of sp³-hybridized carbons (Fsp3) is 0.450. The Morgan fingerprint density at radius 2 is 2.03 bits per heavy atom. The van der Waals surface area contributed by atoms with Gasteiger partial charge in [0.25, 0.3) is 5.91 Å². The number of amides is 1. The van der Waals surface area contributed by atoms with E-state index in [9.17, 15) is 4.79 Å². The molecule has 0 saturated carbocycles. The second kappa shape index (κ2) is 7.40. The number of anilines is 1. The third-order valence-corrected chi connectivity index (χ3v) is 5.46. The summed E-state index contributed by atoms with van der Waals surface area (Å²) in [6, 6.07) is 7.01. The van der Waals surface area contributed by atoms with Crippen LogP contribution in [0.3, 0.4) is 0 Å². The minimum absolute atomic E-state index is 0.0198. The number of nitrogens with zero attached hydrogens (tertiary/aromatic N) is 4. The van der Waals surface area contributed by atoms with Crippen molar-refractivity contribution in [3.8, 4) is 17.4 Å². The maximum atomic E-state index is 13.2. The van der Waals surface area contributed by atoms with E-state index in [1.54, 1.807) is 37.6 Å². The Morgan fingerprint density at radius 1 is 1.14 bits per heavy atom. The fourth-order valence-corrected chi connectivity index (χ4v) is 4.05. The summed E-state index contributed by atoms with van der Waals surface area (Å²) in [5, 5.41) is 0. The van der Waals surface area contributed by atoms with Gasteiger partial charge in [-0.2, -0.15) is 4.98 Å². The van der Waals surface area contributed by atoms with Crippen LogP contribution in [0.25, 0.3) is 0 Å². The third kappa shape index (κ3) is 3.42. The van der Waals surface area contributed by atoms with Crippen molar-refractivity contribution in [3.05, 3.63) is 36.0 Å². The van der Waals surface area contributed by atoms with Crippen LogP contribution in [-0.4, -0.2) is 73.6 Å². The Kier molecular flexibility index (Phi) is 4.59. The minimum atomic E-state index is -0.0347. The average molecular weight is 398 g/mol. The molecule has 2 fully saturated rings. The lowest BCUT2D eigenvalue weighted by molar-refractivity contribution is 0.0496. The van der Waals surface area contributed by atoms with E-state index in [1.165, 1.54) is 0 Å². The summed E-state index contributed by atoms with van der Waals surface area (Å²) in [6.45, 7) is 3.18. The van der Waals surface area contributed by atoms with Crippen LogP contribution in [0.2, 0.25) is 0 Å². The number of hydrogen-bond donors (Lipinski definition) is 0. The predicted molar refractivity (Wildman–Crippen MR) is 102 cm³/mol. The van der Waals surface area contributed by atoms with Crippen LogP contribution in [0.4, 0.5) is 5.95 Å². The Hall–Kier alpha value is -3.07. The van der Waals surface area contributed by atoms with Gasteiger partial charge in [-0.15, -0.1) is 0 Å². The van der Waals surface area contributed by atoms with E-state index in [2.05, 4.69) is 14.9 Å². The van der Waals surface area contributed by atoms with Crippen molar-refractivity contribution < 1.29 is 23.7 Å². The van der Waals surface area contributed by atoms with Gasteiger partial charge in [-0.05, 0) is 18.2 Å². The lowest BCUT2D eigenvalue weighted by Crippen LogP contribution is -2.46. The third-order valence-electron chi connectivity index (χ3n) is 5.46. The van der Waals surface area contributed by atoms with Crippen molar-refractivity contribution in [1.29, 1.82) is 0 Å². The number of methoxy groups -OCH3 is 1. The van der Waals surface area contributed by atoms with E-state index >= 15 is 0 Å². The molecule has 4 heterocycles. The number of ether oxygens (including phenoxy) is 4. The molecule has 9 heteroatoms. The number of aromatic nitrogens is 2. The smallest absolute Gasteiger partial charge is 0.254 e. The van der Waals surface area contributed by atoms with Gasteiger partial charge in [0.2, 0.25) is 18.6 Å². The summed E-state index contributed by atoms with van der Waals surface area (Å²) in [4.78, 5) is 26.2. The molecule has 152 valence electrons. The number of fused-ring (bicyclic) bond motifs is 4. The molecule has 0 radical (unpaired) electrons. The van der Waals surface area contributed by atoms with Crippen LogP contribution < -0.4 is 19.1 Å². The standard InChI is InChI=1S/C20H22N4O5/c1-26-18-4-5-21-20(22-18)24-8-13-7-23(9-15(24)11-27-10-13)19(25)14-2-3-16-17(6-14)29-12-28-16/h2-6,13,15H,7-12H2,1H3/t13-,15-/m0/s1. The zero-order chi connectivity index (χ0) is 19.8. The number of carbonyl (C=O) groups excluding carboxylic acids is 1. The molecule has 2 saturated heterocycles. The van der Waals surface area contributed by atoms with Crippen molar-refractivity contribution in [2.45, 2.75) is 6.04 Å². The summed E-state index contributed by atoms with van der Waals surface area (Å²) in [7, 11) is 1.59.